The van der Waals surface area contributed by atoms with Gasteiger partial charge in [-0.1, -0.05) is 6.42 Å². The Hall–Kier alpha value is -1.92. The SMILES string of the molecule is O=C(NCc1ccnc(OC(F)F)c1)NC1CC12CCC2. The van der Waals surface area contributed by atoms with Crippen LogP contribution in [0.25, 0.3) is 0 Å². The van der Waals surface area contributed by atoms with Gasteiger partial charge in [0.05, 0.1) is 0 Å². The molecule has 2 fully saturated rings. The van der Waals surface area contributed by atoms with Gasteiger partial charge in [0.15, 0.2) is 0 Å². The molecule has 1 aromatic rings. The first-order valence-electron chi connectivity index (χ1n) is 7.01. The van der Waals surface area contributed by atoms with E-state index < -0.39 is 6.61 Å². The van der Waals surface area contributed by atoms with Gasteiger partial charge >= 0.3 is 12.6 Å². The maximum atomic E-state index is 12.1. The molecule has 0 aromatic carbocycles. The third kappa shape index (κ3) is 3.22. The van der Waals surface area contributed by atoms with Crippen LogP contribution in [0.15, 0.2) is 18.3 Å². The number of hydrogen-bond acceptors (Lipinski definition) is 3. The molecule has 1 aromatic heterocycles. The number of urea groups is 1. The smallest absolute Gasteiger partial charge is 0.388 e. The van der Waals surface area contributed by atoms with Crippen molar-refractivity contribution >= 4 is 6.03 Å². The highest BCUT2D eigenvalue weighted by Gasteiger charge is 2.58. The van der Waals surface area contributed by atoms with Crippen molar-refractivity contribution in [1.29, 1.82) is 0 Å². The van der Waals surface area contributed by atoms with Crippen molar-refractivity contribution in [2.45, 2.75) is 44.9 Å². The minimum atomic E-state index is -2.91. The lowest BCUT2D eigenvalue weighted by atomic mass is 9.81. The Kier molecular flexibility index (Phi) is 3.65. The number of halogens is 2. The molecule has 1 heterocycles. The van der Waals surface area contributed by atoms with Crippen molar-refractivity contribution in [2.24, 2.45) is 5.41 Å². The highest BCUT2D eigenvalue weighted by atomic mass is 19.3. The number of ether oxygens (including phenoxy) is 1. The van der Waals surface area contributed by atoms with E-state index in [0.29, 0.717) is 17.0 Å². The van der Waals surface area contributed by atoms with Gasteiger partial charge in [0.2, 0.25) is 5.88 Å². The van der Waals surface area contributed by atoms with Crippen LogP contribution in [0.5, 0.6) is 5.88 Å². The van der Waals surface area contributed by atoms with Gasteiger partial charge < -0.3 is 15.4 Å². The fraction of sp³-hybridized carbons (Fsp3) is 0.571. The summed E-state index contributed by atoms with van der Waals surface area (Å²) < 4.78 is 28.4. The average molecular weight is 297 g/mol. The zero-order valence-electron chi connectivity index (χ0n) is 11.4. The maximum Gasteiger partial charge on any atom is 0.388 e. The molecule has 21 heavy (non-hydrogen) atoms. The Morgan fingerprint density at radius 2 is 2.33 bits per heavy atom. The van der Waals surface area contributed by atoms with Gasteiger partial charge in [-0.3, -0.25) is 0 Å². The third-order valence-electron chi connectivity index (χ3n) is 4.31. The number of rotatable bonds is 5. The van der Waals surface area contributed by atoms with Crippen LogP contribution < -0.4 is 15.4 Å². The molecule has 5 nitrogen and oxygen atoms in total. The largest absolute Gasteiger partial charge is 0.417 e. The van der Waals surface area contributed by atoms with Crippen molar-refractivity contribution in [2.75, 3.05) is 0 Å². The van der Waals surface area contributed by atoms with E-state index in [2.05, 4.69) is 20.4 Å². The van der Waals surface area contributed by atoms with Crippen molar-refractivity contribution in [1.82, 2.24) is 15.6 Å². The average Bonchev–Trinajstić information content (AvgIpc) is 3.10. The van der Waals surface area contributed by atoms with Crippen LogP contribution in [0.3, 0.4) is 0 Å². The van der Waals surface area contributed by atoms with E-state index in [0.717, 1.165) is 6.42 Å². The van der Waals surface area contributed by atoms with Crippen LogP contribution in [-0.4, -0.2) is 23.7 Å². The number of nitrogens with zero attached hydrogens (tertiary/aromatic N) is 1. The summed E-state index contributed by atoms with van der Waals surface area (Å²) in [6.07, 6.45) is 6.11. The summed E-state index contributed by atoms with van der Waals surface area (Å²) in [7, 11) is 0. The zero-order valence-corrected chi connectivity index (χ0v) is 11.4. The summed E-state index contributed by atoms with van der Waals surface area (Å²) in [6, 6.07) is 3.10. The Morgan fingerprint density at radius 1 is 1.52 bits per heavy atom. The van der Waals surface area contributed by atoms with Gasteiger partial charge in [0, 0.05) is 24.8 Å². The molecule has 114 valence electrons. The van der Waals surface area contributed by atoms with Crippen molar-refractivity contribution in [3.63, 3.8) is 0 Å². The molecule has 1 unspecified atom stereocenters. The van der Waals surface area contributed by atoms with Gasteiger partial charge in [0.25, 0.3) is 0 Å². The highest BCUT2D eigenvalue weighted by molar-refractivity contribution is 5.74. The van der Waals surface area contributed by atoms with Gasteiger partial charge in [-0.05, 0) is 36.3 Å². The van der Waals surface area contributed by atoms with Crippen molar-refractivity contribution < 1.29 is 18.3 Å². The summed E-state index contributed by atoms with van der Waals surface area (Å²) in [5.74, 6) is -0.152. The van der Waals surface area contributed by atoms with E-state index in [9.17, 15) is 13.6 Å². The quantitative estimate of drug-likeness (QED) is 0.877. The number of amides is 2. The Bertz CT molecular complexity index is 535. The lowest BCUT2D eigenvalue weighted by molar-refractivity contribution is -0.0528. The van der Waals surface area contributed by atoms with Gasteiger partial charge in [-0.2, -0.15) is 8.78 Å². The first kappa shape index (κ1) is 14.0. The normalized spacial score (nSPS) is 21.8. The first-order chi connectivity index (χ1) is 10.1. The molecule has 2 aliphatic rings. The molecule has 2 saturated carbocycles. The van der Waals surface area contributed by atoms with E-state index in [1.165, 1.54) is 31.5 Å². The van der Waals surface area contributed by atoms with Crippen LogP contribution in [-0.2, 0) is 6.54 Å². The van der Waals surface area contributed by atoms with Crippen molar-refractivity contribution in [3.05, 3.63) is 23.9 Å². The molecule has 2 N–H and O–H groups in total. The molecular formula is C14H17F2N3O2. The van der Waals surface area contributed by atoms with Gasteiger partial charge in [-0.15, -0.1) is 0 Å². The number of hydrogen-bond donors (Lipinski definition) is 2. The monoisotopic (exact) mass is 297 g/mol. The third-order valence-corrected chi connectivity index (χ3v) is 4.31. The zero-order chi connectivity index (χ0) is 14.9. The number of nitrogens with one attached hydrogen (secondary N) is 2. The number of alkyl halides is 2. The second-order valence-electron chi connectivity index (χ2n) is 5.68. The second-order valence-corrected chi connectivity index (χ2v) is 5.68. The molecule has 1 spiro atoms. The maximum absolute atomic E-state index is 12.1. The minimum Gasteiger partial charge on any atom is -0.417 e. The van der Waals surface area contributed by atoms with Gasteiger partial charge in [0.1, 0.15) is 0 Å². The molecular weight excluding hydrogens is 280 g/mol. The van der Waals surface area contributed by atoms with Crippen LogP contribution >= 0.6 is 0 Å². The number of pyridine rings is 1. The second kappa shape index (κ2) is 5.46. The summed E-state index contributed by atoms with van der Waals surface area (Å²) in [4.78, 5) is 15.4. The molecule has 0 bridgehead atoms. The molecule has 2 aliphatic carbocycles. The van der Waals surface area contributed by atoms with Crippen LogP contribution in [0.2, 0.25) is 0 Å². The van der Waals surface area contributed by atoms with Crippen LogP contribution in [0, 0.1) is 5.41 Å². The van der Waals surface area contributed by atoms with E-state index in [-0.39, 0.29) is 18.5 Å². The topological polar surface area (TPSA) is 63.2 Å². The Balaban J connectivity index is 1.45. The summed E-state index contributed by atoms with van der Waals surface area (Å²) in [6.45, 7) is -2.66. The van der Waals surface area contributed by atoms with E-state index in [4.69, 9.17) is 0 Å². The molecule has 3 rings (SSSR count). The lowest BCUT2D eigenvalue weighted by Crippen LogP contribution is -2.39. The summed E-state index contributed by atoms with van der Waals surface area (Å²) >= 11 is 0. The summed E-state index contributed by atoms with van der Waals surface area (Å²) in [5, 5.41) is 5.66. The summed E-state index contributed by atoms with van der Waals surface area (Å²) in [5.41, 5.74) is 1.04. The fourth-order valence-electron chi connectivity index (χ4n) is 2.84. The van der Waals surface area contributed by atoms with Crippen LogP contribution in [0.1, 0.15) is 31.2 Å². The number of carbonyl (C=O) groups excluding carboxylic acids is 1. The molecule has 0 radical (unpaired) electrons. The highest BCUT2D eigenvalue weighted by Crippen LogP contribution is 2.60. The predicted octanol–water partition coefficient (Wildman–Crippen LogP) is 2.42. The standard InChI is InChI=1S/C14H17F2N3O2/c15-12(16)21-11-6-9(2-5-17-11)8-18-13(20)19-10-7-14(10)3-1-4-14/h2,5-6,10,12H,1,3-4,7-8H2,(H2,18,19,20). The Labute approximate surface area is 121 Å². The predicted molar refractivity (Wildman–Crippen MR) is 70.9 cm³/mol. The Morgan fingerprint density at radius 3 is 2.95 bits per heavy atom. The van der Waals surface area contributed by atoms with Crippen LogP contribution in [0.4, 0.5) is 13.6 Å². The van der Waals surface area contributed by atoms with E-state index >= 15 is 0 Å². The first-order valence-corrected chi connectivity index (χ1v) is 7.01. The van der Waals surface area contributed by atoms with E-state index in [1.54, 1.807) is 6.07 Å². The molecule has 7 heteroatoms. The van der Waals surface area contributed by atoms with Gasteiger partial charge in [-0.25, -0.2) is 9.78 Å². The van der Waals surface area contributed by atoms with Crippen molar-refractivity contribution in [3.8, 4) is 5.88 Å². The molecule has 2 amide bonds. The minimum absolute atomic E-state index is 0.152. The molecule has 0 aliphatic heterocycles. The van der Waals surface area contributed by atoms with E-state index in [1.807, 2.05) is 0 Å². The number of aromatic nitrogens is 1. The molecule has 0 saturated heterocycles. The number of carbonyl (C=O) groups is 1. The fourth-order valence-corrected chi connectivity index (χ4v) is 2.84. The lowest BCUT2D eigenvalue weighted by Gasteiger charge is -2.26. The molecule has 1 atom stereocenters.